The number of guanidine groups is 1. The second kappa shape index (κ2) is 12.5. The number of aromatic nitrogens is 1. The molecule has 3 rings (SSSR count). The Kier molecular flexibility index (Phi) is 9.41. The van der Waals surface area contributed by atoms with Crippen molar-refractivity contribution >= 4 is 11.6 Å². The predicted molar refractivity (Wildman–Crippen MR) is 132 cm³/mol. The summed E-state index contributed by atoms with van der Waals surface area (Å²) in [5, 5.41) is 10.9. The van der Waals surface area contributed by atoms with E-state index in [2.05, 4.69) is 82.5 Å². The zero-order chi connectivity index (χ0) is 22.8. The summed E-state index contributed by atoms with van der Waals surface area (Å²) < 4.78 is 5.38. The van der Waals surface area contributed by atoms with Gasteiger partial charge in [-0.15, -0.1) is 0 Å². The van der Waals surface area contributed by atoms with Crippen molar-refractivity contribution in [3.05, 3.63) is 47.3 Å². The maximum Gasteiger partial charge on any atom is 0.191 e. The van der Waals surface area contributed by atoms with Gasteiger partial charge in [-0.1, -0.05) is 31.1 Å². The number of unbranched alkanes of at least 4 members (excludes halogenated alkanes) is 1. The first-order valence-corrected chi connectivity index (χ1v) is 12.1. The van der Waals surface area contributed by atoms with Crippen LogP contribution in [-0.2, 0) is 6.54 Å². The SMILES string of the molecule is CCNC(=NCc1cc(C(C)C)no1)NCCCCN1CCN(c2cccc(C)c2)CC1. The number of aliphatic imine (C=N–C) groups is 1. The molecule has 0 unspecified atom stereocenters. The molecule has 2 N–H and O–H groups in total. The highest BCUT2D eigenvalue weighted by molar-refractivity contribution is 5.79. The van der Waals surface area contributed by atoms with Crippen LogP contribution in [0.2, 0.25) is 0 Å². The van der Waals surface area contributed by atoms with Crippen LogP contribution in [0.25, 0.3) is 0 Å². The summed E-state index contributed by atoms with van der Waals surface area (Å²) in [6, 6.07) is 10.8. The van der Waals surface area contributed by atoms with E-state index in [1.54, 1.807) is 0 Å². The summed E-state index contributed by atoms with van der Waals surface area (Å²) in [6.45, 7) is 16.4. The molecule has 2 heterocycles. The van der Waals surface area contributed by atoms with E-state index in [0.717, 1.165) is 69.6 Å². The molecule has 1 aliphatic rings. The highest BCUT2D eigenvalue weighted by atomic mass is 16.5. The van der Waals surface area contributed by atoms with E-state index in [-0.39, 0.29) is 0 Å². The molecular formula is C25H40N6O. The van der Waals surface area contributed by atoms with Gasteiger partial charge in [0, 0.05) is 51.0 Å². The lowest BCUT2D eigenvalue weighted by atomic mass is 10.1. The van der Waals surface area contributed by atoms with Crippen molar-refractivity contribution in [3.63, 3.8) is 0 Å². The second-order valence-corrected chi connectivity index (χ2v) is 8.87. The molecule has 1 fully saturated rings. The van der Waals surface area contributed by atoms with E-state index >= 15 is 0 Å². The first-order chi connectivity index (χ1) is 15.5. The zero-order valence-corrected chi connectivity index (χ0v) is 20.2. The van der Waals surface area contributed by atoms with Crippen LogP contribution in [0.3, 0.4) is 0 Å². The Morgan fingerprint density at radius 1 is 1.12 bits per heavy atom. The Morgan fingerprint density at radius 2 is 1.94 bits per heavy atom. The summed E-state index contributed by atoms with van der Waals surface area (Å²) in [5.74, 6) is 2.01. The quantitative estimate of drug-likeness (QED) is 0.333. The third kappa shape index (κ3) is 7.55. The molecular weight excluding hydrogens is 400 g/mol. The lowest BCUT2D eigenvalue weighted by Crippen LogP contribution is -2.46. The van der Waals surface area contributed by atoms with Crippen LogP contribution in [-0.4, -0.2) is 61.8 Å². The van der Waals surface area contributed by atoms with Gasteiger partial charge in [0.15, 0.2) is 11.7 Å². The predicted octanol–water partition coefficient (Wildman–Crippen LogP) is 3.76. The van der Waals surface area contributed by atoms with Crippen molar-refractivity contribution in [3.8, 4) is 0 Å². The topological polar surface area (TPSA) is 68.9 Å². The molecule has 0 bridgehead atoms. The first-order valence-electron chi connectivity index (χ1n) is 12.1. The van der Waals surface area contributed by atoms with Gasteiger partial charge < -0.3 is 20.1 Å². The number of anilines is 1. The molecule has 1 aromatic heterocycles. The third-order valence-corrected chi connectivity index (χ3v) is 5.84. The van der Waals surface area contributed by atoms with Gasteiger partial charge in [0.1, 0.15) is 6.54 Å². The zero-order valence-electron chi connectivity index (χ0n) is 20.2. The Morgan fingerprint density at radius 3 is 2.62 bits per heavy atom. The second-order valence-electron chi connectivity index (χ2n) is 8.87. The van der Waals surface area contributed by atoms with E-state index in [4.69, 9.17) is 4.52 Å². The van der Waals surface area contributed by atoms with Crippen molar-refractivity contribution in [2.75, 3.05) is 50.7 Å². The van der Waals surface area contributed by atoms with E-state index in [0.29, 0.717) is 12.5 Å². The van der Waals surface area contributed by atoms with Crippen LogP contribution in [0.4, 0.5) is 5.69 Å². The minimum atomic E-state index is 0.369. The molecule has 32 heavy (non-hydrogen) atoms. The van der Waals surface area contributed by atoms with Gasteiger partial charge in [-0.2, -0.15) is 0 Å². The molecule has 0 aliphatic carbocycles. The van der Waals surface area contributed by atoms with Crippen LogP contribution in [0.5, 0.6) is 0 Å². The van der Waals surface area contributed by atoms with Crippen molar-refractivity contribution in [2.45, 2.75) is 53.0 Å². The number of piperazine rings is 1. The van der Waals surface area contributed by atoms with Crippen molar-refractivity contribution in [1.82, 2.24) is 20.7 Å². The van der Waals surface area contributed by atoms with Gasteiger partial charge in [-0.05, 0) is 56.8 Å². The number of benzene rings is 1. The van der Waals surface area contributed by atoms with Gasteiger partial charge in [0.2, 0.25) is 0 Å². The normalized spacial score (nSPS) is 15.4. The molecule has 176 valence electrons. The molecule has 2 aromatic rings. The molecule has 0 spiro atoms. The Balaban J connectivity index is 1.33. The van der Waals surface area contributed by atoms with Crippen LogP contribution in [0.15, 0.2) is 39.8 Å². The minimum absolute atomic E-state index is 0.369. The summed E-state index contributed by atoms with van der Waals surface area (Å²) in [7, 11) is 0. The largest absolute Gasteiger partial charge is 0.369 e. The number of hydrogen-bond donors (Lipinski definition) is 2. The number of hydrogen-bond acceptors (Lipinski definition) is 5. The lowest BCUT2D eigenvalue weighted by Gasteiger charge is -2.36. The van der Waals surface area contributed by atoms with Crippen LogP contribution < -0.4 is 15.5 Å². The van der Waals surface area contributed by atoms with E-state index < -0.39 is 0 Å². The van der Waals surface area contributed by atoms with Gasteiger partial charge >= 0.3 is 0 Å². The Hall–Kier alpha value is -2.54. The molecule has 1 saturated heterocycles. The average molecular weight is 441 g/mol. The number of rotatable bonds is 10. The summed E-state index contributed by atoms with van der Waals surface area (Å²) in [4.78, 5) is 9.72. The molecule has 0 amide bonds. The van der Waals surface area contributed by atoms with E-state index in [1.807, 2.05) is 6.07 Å². The molecule has 0 atom stereocenters. The summed E-state index contributed by atoms with van der Waals surface area (Å²) in [6.07, 6.45) is 2.32. The number of nitrogens with one attached hydrogen (secondary N) is 2. The molecule has 7 nitrogen and oxygen atoms in total. The maximum absolute atomic E-state index is 5.38. The van der Waals surface area contributed by atoms with Gasteiger partial charge in [-0.25, -0.2) is 4.99 Å². The van der Waals surface area contributed by atoms with Crippen LogP contribution in [0.1, 0.15) is 56.5 Å². The fourth-order valence-electron chi connectivity index (χ4n) is 3.90. The Labute approximate surface area is 193 Å². The minimum Gasteiger partial charge on any atom is -0.369 e. The van der Waals surface area contributed by atoms with Crippen molar-refractivity contribution in [2.24, 2.45) is 4.99 Å². The maximum atomic E-state index is 5.38. The fraction of sp³-hybridized carbons (Fsp3) is 0.600. The van der Waals surface area contributed by atoms with Gasteiger partial charge in [0.05, 0.1) is 5.69 Å². The highest BCUT2D eigenvalue weighted by Crippen LogP contribution is 2.18. The standard InChI is InChI=1S/C25H40N6O/c1-5-26-25(28-19-23-18-24(20(2)3)29-32-23)27-11-6-7-12-30-13-15-31(16-14-30)22-10-8-9-21(4)17-22/h8-10,17-18,20H,5-7,11-16,19H2,1-4H3,(H2,26,27,28). The average Bonchev–Trinajstić information content (AvgIpc) is 3.27. The van der Waals surface area contributed by atoms with Crippen LogP contribution >= 0.6 is 0 Å². The fourth-order valence-corrected chi connectivity index (χ4v) is 3.90. The molecule has 1 aliphatic heterocycles. The number of nitrogens with zero attached hydrogens (tertiary/aromatic N) is 4. The van der Waals surface area contributed by atoms with E-state index in [1.165, 1.54) is 17.7 Å². The summed E-state index contributed by atoms with van der Waals surface area (Å²) in [5.41, 5.74) is 3.67. The number of aryl methyl sites for hydroxylation is 1. The smallest absolute Gasteiger partial charge is 0.191 e. The van der Waals surface area contributed by atoms with Crippen LogP contribution in [0, 0.1) is 6.92 Å². The Bertz CT molecular complexity index is 838. The molecule has 7 heteroatoms. The van der Waals surface area contributed by atoms with Gasteiger partial charge in [0.25, 0.3) is 0 Å². The first kappa shape index (κ1) is 24.1. The van der Waals surface area contributed by atoms with E-state index in [9.17, 15) is 0 Å². The third-order valence-electron chi connectivity index (χ3n) is 5.84. The lowest BCUT2D eigenvalue weighted by molar-refractivity contribution is 0.253. The highest BCUT2D eigenvalue weighted by Gasteiger charge is 2.16. The monoisotopic (exact) mass is 440 g/mol. The summed E-state index contributed by atoms with van der Waals surface area (Å²) >= 11 is 0. The van der Waals surface area contributed by atoms with Crippen molar-refractivity contribution < 1.29 is 4.52 Å². The molecule has 0 radical (unpaired) electrons. The van der Waals surface area contributed by atoms with Crippen molar-refractivity contribution in [1.29, 1.82) is 0 Å². The van der Waals surface area contributed by atoms with Gasteiger partial charge in [-0.3, -0.25) is 4.90 Å². The molecule has 0 saturated carbocycles. The molecule has 1 aromatic carbocycles.